The second-order valence-corrected chi connectivity index (χ2v) is 8.38. The van der Waals surface area contributed by atoms with Crippen molar-refractivity contribution < 1.29 is 8.42 Å². The van der Waals surface area contributed by atoms with Crippen molar-refractivity contribution >= 4 is 37.3 Å². The van der Waals surface area contributed by atoms with Crippen molar-refractivity contribution in [3.05, 3.63) is 50.6 Å². The highest BCUT2D eigenvalue weighted by Gasteiger charge is 2.24. The van der Waals surface area contributed by atoms with Crippen LogP contribution in [0.2, 0.25) is 0 Å². The predicted molar refractivity (Wildman–Crippen MR) is 81.9 cm³/mol. The van der Waals surface area contributed by atoms with Crippen molar-refractivity contribution in [2.45, 2.75) is 17.9 Å². The molecule has 104 valence electrons. The van der Waals surface area contributed by atoms with Crippen LogP contribution < -0.4 is 4.72 Å². The molecule has 7 heteroatoms. The van der Waals surface area contributed by atoms with Crippen molar-refractivity contribution in [3.8, 4) is 6.07 Å². The maximum Gasteiger partial charge on any atom is 0.243 e. The van der Waals surface area contributed by atoms with Gasteiger partial charge in [-0.3, -0.25) is 0 Å². The molecule has 0 aliphatic rings. The summed E-state index contributed by atoms with van der Waals surface area (Å²) in [5.41, 5.74) is 0.616. The molecular weight excluding hydrogens is 360 g/mol. The second-order valence-electron chi connectivity index (χ2n) is 4.07. The number of benzene rings is 1. The van der Waals surface area contributed by atoms with Gasteiger partial charge < -0.3 is 0 Å². The van der Waals surface area contributed by atoms with Crippen LogP contribution >= 0.6 is 27.3 Å². The lowest BCUT2D eigenvalue weighted by Crippen LogP contribution is -2.27. The van der Waals surface area contributed by atoms with Crippen LogP contribution in [-0.2, 0) is 10.0 Å². The first-order valence-electron chi connectivity index (χ1n) is 5.67. The summed E-state index contributed by atoms with van der Waals surface area (Å²) < 4.78 is 27.8. The average molecular weight is 371 g/mol. The zero-order valence-corrected chi connectivity index (χ0v) is 13.7. The lowest BCUT2D eigenvalue weighted by molar-refractivity contribution is 0.575. The zero-order valence-electron chi connectivity index (χ0n) is 10.5. The van der Waals surface area contributed by atoms with Crippen LogP contribution in [0.4, 0.5) is 0 Å². The molecule has 1 atom stereocenters. The minimum atomic E-state index is -3.72. The number of nitrogens with one attached hydrogen (secondary N) is 1. The molecule has 20 heavy (non-hydrogen) atoms. The molecule has 1 aromatic heterocycles. The number of nitriles is 1. The van der Waals surface area contributed by atoms with Gasteiger partial charge in [0.15, 0.2) is 0 Å². The second kappa shape index (κ2) is 6.06. The number of sulfonamides is 1. The summed E-state index contributed by atoms with van der Waals surface area (Å²) in [4.78, 5) is 0.875. The van der Waals surface area contributed by atoms with E-state index in [1.165, 1.54) is 11.3 Å². The lowest BCUT2D eigenvalue weighted by atomic mass is 10.1. The summed E-state index contributed by atoms with van der Waals surface area (Å²) in [5, 5.41) is 9.18. The minimum absolute atomic E-state index is 0.200. The van der Waals surface area contributed by atoms with Crippen LogP contribution in [0.15, 0.2) is 45.1 Å². The Morgan fingerprint density at radius 1 is 1.35 bits per heavy atom. The summed E-state index contributed by atoms with van der Waals surface area (Å²) in [6, 6.07) is 11.4. The van der Waals surface area contributed by atoms with Gasteiger partial charge in [0.2, 0.25) is 10.0 Å². The summed E-state index contributed by atoms with van der Waals surface area (Å²) >= 11 is 4.61. The molecule has 2 rings (SSSR count). The Balaban J connectivity index is 2.33. The average Bonchev–Trinajstić information content (AvgIpc) is 2.77. The molecule has 1 heterocycles. The van der Waals surface area contributed by atoms with E-state index in [1.54, 1.807) is 37.3 Å². The standard InChI is InChI=1S/C13H11BrN2O2S2/c1-9-12(7-13(14)19-9)20(17,18)16-11(8-15)10-5-3-2-4-6-10/h2-7,11,16H,1H3. The van der Waals surface area contributed by atoms with E-state index >= 15 is 0 Å². The first-order chi connectivity index (χ1) is 9.44. The SMILES string of the molecule is Cc1sc(Br)cc1S(=O)(=O)NC(C#N)c1ccccc1. The zero-order chi connectivity index (χ0) is 14.8. The minimum Gasteiger partial charge on any atom is -0.207 e. The molecule has 0 amide bonds. The molecule has 1 aromatic carbocycles. The summed E-state index contributed by atoms with van der Waals surface area (Å²) in [5.74, 6) is 0. The largest absolute Gasteiger partial charge is 0.243 e. The maximum atomic E-state index is 12.3. The van der Waals surface area contributed by atoms with Crippen LogP contribution in [0, 0.1) is 18.3 Å². The van der Waals surface area contributed by atoms with E-state index in [2.05, 4.69) is 20.7 Å². The summed E-state index contributed by atoms with van der Waals surface area (Å²) in [6.07, 6.45) is 0. The molecule has 0 radical (unpaired) electrons. The fourth-order valence-electron chi connectivity index (χ4n) is 1.73. The third-order valence-electron chi connectivity index (χ3n) is 2.67. The van der Waals surface area contributed by atoms with E-state index in [1.807, 2.05) is 12.1 Å². The molecule has 0 saturated carbocycles. The molecule has 1 unspecified atom stereocenters. The van der Waals surface area contributed by atoms with Gasteiger partial charge in [-0.2, -0.15) is 9.98 Å². The van der Waals surface area contributed by atoms with E-state index in [-0.39, 0.29) is 4.90 Å². The fourth-order valence-corrected chi connectivity index (χ4v) is 5.27. The molecule has 0 spiro atoms. The van der Waals surface area contributed by atoms with Gasteiger partial charge in [-0.25, -0.2) is 8.42 Å². The van der Waals surface area contributed by atoms with E-state index in [0.29, 0.717) is 10.4 Å². The molecule has 0 aliphatic carbocycles. The van der Waals surface area contributed by atoms with Crippen LogP contribution in [0.5, 0.6) is 0 Å². The Bertz CT molecular complexity index is 748. The molecule has 2 aromatic rings. The van der Waals surface area contributed by atoms with Gasteiger partial charge in [0.25, 0.3) is 0 Å². The predicted octanol–water partition coefficient (Wildman–Crippen LogP) is 3.36. The Labute approximate surface area is 130 Å². The molecule has 0 aliphatic heterocycles. The molecule has 0 saturated heterocycles. The number of aryl methyl sites for hydroxylation is 1. The van der Waals surface area contributed by atoms with Crippen molar-refractivity contribution in [1.82, 2.24) is 4.72 Å². The molecular formula is C13H11BrN2O2S2. The van der Waals surface area contributed by atoms with Gasteiger partial charge in [0.05, 0.1) is 14.8 Å². The van der Waals surface area contributed by atoms with Crippen LogP contribution in [0.3, 0.4) is 0 Å². The van der Waals surface area contributed by atoms with E-state index in [9.17, 15) is 13.7 Å². The van der Waals surface area contributed by atoms with Gasteiger partial charge in [-0.1, -0.05) is 30.3 Å². The van der Waals surface area contributed by atoms with Crippen molar-refractivity contribution in [2.24, 2.45) is 0 Å². The maximum absolute atomic E-state index is 12.3. The molecule has 0 bridgehead atoms. The quantitative estimate of drug-likeness (QED) is 0.896. The topological polar surface area (TPSA) is 70.0 Å². The Morgan fingerprint density at radius 3 is 2.50 bits per heavy atom. The summed E-state index contributed by atoms with van der Waals surface area (Å²) in [6.45, 7) is 1.73. The van der Waals surface area contributed by atoms with Crippen molar-refractivity contribution in [2.75, 3.05) is 0 Å². The van der Waals surface area contributed by atoms with Gasteiger partial charge in [0, 0.05) is 4.88 Å². The Morgan fingerprint density at radius 2 is 2.00 bits per heavy atom. The highest BCUT2D eigenvalue weighted by Crippen LogP contribution is 2.30. The van der Waals surface area contributed by atoms with E-state index in [0.717, 1.165) is 3.79 Å². The third-order valence-corrected chi connectivity index (χ3v) is 5.90. The fraction of sp³-hybridized carbons (Fsp3) is 0.154. The van der Waals surface area contributed by atoms with E-state index < -0.39 is 16.1 Å². The summed E-state index contributed by atoms with van der Waals surface area (Å²) in [7, 11) is -3.72. The first-order valence-corrected chi connectivity index (χ1v) is 8.76. The van der Waals surface area contributed by atoms with Gasteiger partial charge in [-0.05, 0) is 34.5 Å². The highest BCUT2D eigenvalue weighted by molar-refractivity contribution is 9.11. The molecule has 0 fully saturated rings. The van der Waals surface area contributed by atoms with Crippen LogP contribution in [-0.4, -0.2) is 8.42 Å². The molecule has 4 nitrogen and oxygen atoms in total. The smallest absolute Gasteiger partial charge is 0.207 e. The van der Waals surface area contributed by atoms with Gasteiger partial charge in [-0.15, -0.1) is 11.3 Å². The third kappa shape index (κ3) is 3.27. The first kappa shape index (κ1) is 15.2. The number of halogens is 1. The van der Waals surface area contributed by atoms with E-state index in [4.69, 9.17) is 0 Å². The normalized spacial score (nSPS) is 12.8. The lowest BCUT2D eigenvalue weighted by Gasteiger charge is -2.12. The Hall–Kier alpha value is -1.20. The van der Waals surface area contributed by atoms with Gasteiger partial charge in [0.1, 0.15) is 6.04 Å². The van der Waals surface area contributed by atoms with Gasteiger partial charge >= 0.3 is 0 Å². The van der Waals surface area contributed by atoms with Crippen molar-refractivity contribution in [3.63, 3.8) is 0 Å². The number of hydrogen-bond donors (Lipinski definition) is 1. The van der Waals surface area contributed by atoms with Crippen LogP contribution in [0.1, 0.15) is 16.5 Å². The Kier molecular flexibility index (Phi) is 4.60. The van der Waals surface area contributed by atoms with Crippen LogP contribution in [0.25, 0.3) is 0 Å². The highest BCUT2D eigenvalue weighted by atomic mass is 79.9. The number of nitrogens with zero attached hydrogens (tertiary/aromatic N) is 1. The van der Waals surface area contributed by atoms with Crippen molar-refractivity contribution in [1.29, 1.82) is 5.26 Å². The number of hydrogen-bond acceptors (Lipinski definition) is 4. The number of rotatable bonds is 4. The number of thiophene rings is 1. The molecule has 1 N–H and O–H groups in total. The monoisotopic (exact) mass is 370 g/mol.